The van der Waals surface area contributed by atoms with Crippen molar-refractivity contribution in [2.45, 2.75) is 19.4 Å². The van der Waals surface area contributed by atoms with Gasteiger partial charge in [-0.1, -0.05) is 6.92 Å². The maximum absolute atomic E-state index is 9.67. The zero-order chi connectivity index (χ0) is 9.84. The molecule has 0 aliphatic rings. The molecule has 0 fully saturated rings. The van der Waals surface area contributed by atoms with Crippen LogP contribution in [-0.4, -0.2) is 28.6 Å². The van der Waals surface area contributed by atoms with E-state index in [9.17, 15) is 5.11 Å². The number of methoxy groups -OCH3 is 1. The van der Waals surface area contributed by atoms with Crippen molar-refractivity contribution in [3.8, 4) is 0 Å². The highest BCUT2D eigenvalue weighted by molar-refractivity contribution is 5.19. The summed E-state index contributed by atoms with van der Waals surface area (Å²) in [4.78, 5) is 0. The van der Waals surface area contributed by atoms with Crippen molar-refractivity contribution in [1.29, 1.82) is 0 Å². The molecule has 0 aliphatic carbocycles. The van der Waals surface area contributed by atoms with Crippen LogP contribution in [0.2, 0.25) is 0 Å². The maximum atomic E-state index is 9.67. The normalized spacial score (nSPS) is 13.2. The van der Waals surface area contributed by atoms with Gasteiger partial charge in [0.05, 0.1) is 12.3 Å². The standard InChI is InChI=1S/C9H16N2O2/c1-4-8-7(5-11(2)10-8)9(12)6-13-3/h5,9,12H,4,6H2,1-3H3. The predicted octanol–water partition coefficient (Wildman–Crippen LogP) is 0.662. The third kappa shape index (κ3) is 2.29. The second-order valence-corrected chi connectivity index (χ2v) is 3.03. The number of aryl methyl sites for hydroxylation is 2. The van der Waals surface area contributed by atoms with Gasteiger partial charge >= 0.3 is 0 Å². The largest absolute Gasteiger partial charge is 0.386 e. The number of ether oxygens (including phenoxy) is 1. The smallest absolute Gasteiger partial charge is 0.106 e. The lowest BCUT2D eigenvalue weighted by molar-refractivity contribution is 0.0638. The van der Waals surface area contributed by atoms with Crippen LogP contribution in [0, 0.1) is 0 Å². The van der Waals surface area contributed by atoms with Crippen LogP contribution in [0.25, 0.3) is 0 Å². The molecule has 0 aliphatic heterocycles. The van der Waals surface area contributed by atoms with Gasteiger partial charge in [0.15, 0.2) is 0 Å². The van der Waals surface area contributed by atoms with E-state index in [2.05, 4.69) is 5.10 Å². The topological polar surface area (TPSA) is 47.3 Å². The quantitative estimate of drug-likeness (QED) is 0.747. The summed E-state index contributed by atoms with van der Waals surface area (Å²) in [6, 6.07) is 0. The lowest BCUT2D eigenvalue weighted by Crippen LogP contribution is -2.06. The number of rotatable bonds is 4. The molecule has 1 atom stereocenters. The van der Waals surface area contributed by atoms with Crippen LogP contribution in [0.15, 0.2) is 6.20 Å². The van der Waals surface area contributed by atoms with E-state index in [4.69, 9.17) is 4.74 Å². The van der Waals surface area contributed by atoms with Gasteiger partial charge in [0.25, 0.3) is 0 Å². The summed E-state index contributed by atoms with van der Waals surface area (Å²) in [5.74, 6) is 0. The van der Waals surface area contributed by atoms with Crippen molar-refractivity contribution < 1.29 is 9.84 Å². The van der Waals surface area contributed by atoms with Crippen LogP contribution in [0.3, 0.4) is 0 Å². The highest BCUT2D eigenvalue weighted by Crippen LogP contribution is 2.17. The lowest BCUT2D eigenvalue weighted by atomic mass is 10.1. The van der Waals surface area contributed by atoms with Gasteiger partial charge in [-0.05, 0) is 6.42 Å². The van der Waals surface area contributed by atoms with E-state index in [1.54, 1.807) is 11.8 Å². The van der Waals surface area contributed by atoms with Crippen molar-refractivity contribution >= 4 is 0 Å². The molecule has 0 spiro atoms. The van der Waals surface area contributed by atoms with Gasteiger partial charge < -0.3 is 9.84 Å². The molecular weight excluding hydrogens is 168 g/mol. The molecule has 74 valence electrons. The molecule has 13 heavy (non-hydrogen) atoms. The summed E-state index contributed by atoms with van der Waals surface area (Å²) in [6.45, 7) is 2.34. The van der Waals surface area contributed by atoms with Gasteiger partial charge in [-0.25, -0.2) is 0 Å². The molecule has 1 aromatic heterocycles. The molecule has 1 N–H and O–H groups in total. The summed E-state index contributed by atoms with van der Waals surface area (Å²) < 4.78 is 6.60. The molecule has 4 heteroatoms. The fourth-order valence-electron chi connectivity index (χ4n) is 1.35. The minimum absolute atomic E-state index is 0.318. The van der Waals surface area contributed by atoms with Crippen LogP contribution in [0.1, 0.15) is 24.3 Å². The van der Waals surface area contributed by atoms with E-state index >= 15 is 0 Å². The second-order valence-electron chi connectivity index (χ2n) is 3.03. The number of hydrogen-bond donors (Lipinski definition) is 1. The van der Waals surface area contributed by atoms with Gasteiger partial charge in [0.1, 0.15) is 6.10 Å². The average molecular weight is 184 g/mol. The molecule has 1 heterocycles. The van der Waals surface area contributed by atoms with E-state index in [0.29, 0.717) is 6.61 Å². The fraction of sp³-hybridized carbons (Fsp3) is 0.667. The first kappa shape index (κ1) is 10.2. The molecule has 0 radical (unpaired) electrons. The molecule has 4 nitrogen and oxygen atoms in total. The highest BCUT2D eigenvalue weighted by Gasteiger charge is 2.14. The van der Waals surface area contributed by atoms with E-state index in [-0.39, 0.29) is 0 Å². The Morgan fingerprint density at radius 2 is 2.38 bits per heavy atom. The minimum Gasteiger partial charge on any atom is -0.386 e. The Hall–Kier alpha value is -0.870. The predicted molar refractivity (Wildman–Crippen MR) is 49.4 cm³/mol. The van der Waals surface area contributed by atoms with Crippen LogP contribution in [-0.2, 0) is 18.2 Å². The first-order chi connectivity index (χ1) is 6.19. The molecule has 1 unspecified atom stereocenters. The third-order valence-corrected chi connectivity index (χ3v) is 1.96. The van der Waals surface area contributed by atoms with Crippen molar-refractivity contribution in [2.75, 3.05) is 13.7 Å². The lowest BCUT2D eigenvalue weighted by Gasteiger charge is -2.07. The summed E-state index contributed by atoms with van der Waals surface area (Å²) in [5, 5.41) is 13.9. The van der Waals surface area contributed by atoms with Gasteiger partial charge in [0.2, 0.25) is 0 Å². The number of aliphatic hydroxyl groups is 1. The van der Waals surface area contributed by atoms with Gasteiger partial charge in [0, 0.05) is 25.9 Å². The molecule has 0 amide bonds. The van der Waals surface area contributed by atoms with Gasteiger partial charge in [-0.3, -0.25) is 4.68 Å². The Bertz CT molecular complexity index is 271. The monoisotopic (exact) mass is 184 g/mol. The first-order valence-corrected chi connectivity index (χ1v) is 4.38. The zero-order valence-electron chi connectivity index (χ0n) is 8.32. The van der Waals surface area contributed by atoms with Gasteiger partial charge in [-0.2, -0.15) is 5.10 Å². The summed E-state index contributed by atoms with van der Waals surface area (Å²) >= 11 is 0. The summed E-state index contributed by atoms with van der Waals surface area (Å²) in [7, 11) is 3.42. The zero-order valence-corrected chi connectivity index (χ0v) is 8.32. The van der Waals surface area contributed by atoms with E-state index < -0.39 is 6.10 Å². The van der Waals surface area contributed by atoms with E-state index in [0.717, 1.165) is 17.7 Å². The Morgan fingerprint density at radius 1 is 1.69 bits per heavy atom. The number of nitrogens with zero attached hydrogens (tertiary/aromatic N) is 2. The van der Waals surface area contributed by atoms with Crippen molar-refractivity contribution in [2.24, 2.45) is 7.05 Å². The summed E-state index contributed by atoms with van der Waals surface area (Å²) in [5.41, 5.74) is 1.80. The second kappa shape index (κ2) is 4.39. The van der Waals surface area contributed by atoms with Crippen LogP contribution < -0.4 is 0 Å². The molecule has 0 saturated carbocycles. The molecule has 1 rings (SSSR count). The minimum atomic E-state index is -0.561. The Labute approximate surface area is 78.1 Å². The fourth-order valence-corrected chi connectivity index (χ4v) is 1.35. The Kier molecular flexibility index (Phi) is 3.45. The molecule has 1 aromatic rings. The molecule has 0 saturated heterocycles. The number of aromatic nitrogens is 2. The van der Waals surface area contributed by atoms with Crippen molar-refractivity contribution in [3.63, 3.8) is 0 Å². The molecule has 0 aromatic carbocycles. The molecule has 0 bridgehead atoms. The number of aliphatic hydroxyl groups excluding tert-OH is 1. The van der Waals surface area contributed by atoms with Crippen LogP contribution in [0.4, 0.5) is 0 Å². The Balaban J connectivity index is 2.84. The average Bonchev–Trinajstić information content (AvgIpc) is 2.47. The highest BCUT2D eigenvalue weighted by atomic mass is 16.5. The third-order valence-electron chi connectivity index (χ3n) is 1.96. The first-order valence-electron chi connectivity index (χ1n) is 4.38. The SMILES string of the molecule is CCc1nn(C)cc1C(O)COC. The van der Waals surface area contributed by atoms with E-state index in [1.165, 1.54) is 0 Å². The van der Waals surface area contributed by atoms with Crippen LogP contribution >= 0.6 is 0 Å². The van der Waals surface area contributed by atoms with Gasteiger partial charge in [-0.15, -0.1) is 0 Å². The van der Waals surface area contributed by atoms with Crippen molar-refractivity contribution in [3.05, 3.63) is 17.5 Å². The number of hydrogen-bond acceptors (Lipinski definition) is 3. The molecular formula is C9H16N2O2. The maximum Gasteiger partial charge on any atom is 0.106 e. The van der Waals surface area contributed by atoms with Crippen molar-refractivity contribution in [1.82, 2.24) is 9.78 Å². The summed E-state index contributed by atoms with van der Waals surface area (Å²) in [6.07, 6.45) is 2.10. The Morgan fingerprint density at radius 3 is 2.92 bits per heavy atom. The van der Waals surface area contributed by atoms with Crippen LogP contribution in [0.5, 0.6) is 0 Å². The van der Waals surface area contributed by atoms with E-state index in [1.807, 2.05) is 20.2 Å².